The zero-order valence-electron chi connectivity index (χ0n) is 8.41. The van der Waals surface area contributed by atoms with Crippen molar-refractivity contribution in [1.82, 2.24) is 4.57 Å². The molecule has 7 heteroatoms. The van der Waals surface area contributed by atoms with Crippen LogP contribution in [0.2, 0.25) is 0 Å². The van der Waals surface area contributed by atoms with Gasteiger partial charge in [0.25, 0.3) is 12.0 Å². The number of aliphatic carboxylic acids is 1. The second kappa shape index (κ2) is 3.85. The Morgan fingerprint density at radius 2 is 2.18 bits per heavy atom. The number of rotatable bonds is 3. The summed E-state index contributed by atoms with van der Waals surface area (Å²) in [6.07, 6.45) is -0.957. The Morgan fingerprint density at radius 1 is 1.47 bits per heavy atom. The topological polar surface area (TPSA) is 85.4 Å². The van der Waals surface area contributed by atoms with Crippen LogP contribution < -0.4 is 0 Å². The molecule has 1 atom stereocenters. The third kappa shape index (κ3) is 1.82. The Kier molecular flexibility index (Phi) is 2.51. The SMILES string of the molecule is O=C(O)C(F)n1ccc2cc([N+](=O)[O-])ccc21. The first-order valence-corrected chi connectivity index (χ1v) is 4.62. The molecule has 0 bridgehead atoms. The molecule has 1 heterocycles. The van der Waals surface area contributed by atoms with Crippen LogP contribution in [-0.4, -0.2) is 20.6 Å². The average molecular weight is 238 g/mol. The molecule has 0 aliphatic heterocycles. The normalized spacial score (nSPS) is 12.5. The monoisotopic (exact) mass is 238 g/mol. The van der Waals surface area contributed by atoms with Gasteiger partial charge in [-0.25, -0.2) is 9.18 Å². The number of halogens is 1. The third-order valence-electron chi connectivity index (χ3n) is 2.36. The lowest BCUT2D eigenvalue weighted by Crippen LogP contribution is -2.12. The second-order valence-electron chi connectivity index (χ2n) is 3.40. The Hall–Kier alpha value is -2.44. The maximum absolute atomic E-state index is 13.3. The van der Waals surface area contributed by atoms with Gasteiger partial charge in [-0.3, -0.25) is 10.1 Å². The van der Waals surface area contributed by atoms with Gasteiger partial charge < -0.3 is 9.67 Å². The summed E-state index contributed by atoms with van der Waals surface area (Å²) in [6.45, 7) is 0. The van der Waals surface area contributed by atoms with Crippen LogP contribution in [-0.2, 0) is 4.79 Å². The number of hydrogen-bond donors (Lipinski definition) is 1. The fraction of sp³-hybridized carbons (Fsp3) is 0.100. The standard InChI is InChI=1S/C10H7FN2O4/c11-9(10(14)15)12-4-3-6-5-7(13(16)17)1-2-8(6)12/h1-5,9H,(H,14,15). The summed E-state index contributed by atoms with van der Waals surface area (Å²) in [5.74, 6) is -1.61. The molecule has 1 aromatic heterocycles. The Bertz CT molecular complexity index is 607. The molecule has 0 aliphatic carbocycles. The van der Waals surface area contributed by atoms with E-state index in [0.29, 0.717) is 10.9 Å². The molecule has 1 unspecified atom stereocenters. The minimum atomic E-state index is -2.20. The minimum Gasteiger partial charge on any atom is -0.478 e. The predicted octanol–water partition coefficient (Wildman–Crippen LogP) is 2.10. The van der Waals surface area contributed by atoms with Crippen LogP contribution in [0.3, 0.4) is 0 Å². The number of aromatic nitrogens is 1. The number of carboxylic acids is 1. The largest absolute Gasteiger partial charge is 0.478 e. The van der Waals surface area contributed by atoms with Crippen molar-refractivity contribution in [3.8, 4) is 0 Å². The fourth-order valence-corrected chi connectivity index (χ4v) is 1.58. The van der Waals surface area contributed by atoms with Crippen LogP contribution in [0.5, 0.6) is 0 Å². The maximum Gasteiger partial charge on any atom is 0.359 e. The molecule has 0 amide bonds. The molecule has 0 saturated carbocycles. The molecule has 1 N–H and O–H groups in total. The zero-order valence-corrected chi connectivity index (χ0v) is 8.41. The summed E-state index contributed by atoms with van der Waals surface area (Å²) in [6, 6.07) is 5.22. The highest BCUT2D eigenvalue weighted by molar-refractivity contribution is 5.84. The fourth-order valence-electron chi connectivity index (χ4n) is 1.58. The van der Waals surface area contributed by atoms with Gasteiger partial charge in [-0.2, -0.15) is 0 Å². The number of nitro groups is 1. The van der Waals surface area contributed by atoms with E-state index in [1.165, 1.54) is 30.5 Å². The molecule has 2 aromatic rings. The molecule has 1 aromatic carbocycles. The maximum atomic E-state index is 13.3. The first-order valence-electron chi connectivity index (χ1n) is 4.62. The number of carbonyl (C=O) groups is 1. The van der Waals surface area contributed by atoms with Gasteiger partial charge in [0.15, 0.2) is 0 Å². The number of alkyl halides is 1. The molecule has 88 valence electrons. The van der Waals surface area contributed by atoms with Crippen LogP contribution in [0.1, 0.15) is 6.30 Å². The van der Waals surface area contributed by atoms with Gasteiger partial charge in [0, 0.05) is 23.7 Å². The molecular weight excluding hydrogens is 231 g/mol. The van der Waals surface area contributed by atoms with Crippen LogP contribution in [0.4, 0.5) is 10.1 Å². The number of benzene rings is 1. The van der Waals surface area contributed by atoms with E-state index in [4.69, 9.17) is 5.11 Å². The summed E-state index contributed by atoms with van der Waals surface area (Å²) in [7, 11) is 0. The van der Waals surface area contributed by atoms with E-state index in [2.05, 4.69) is 0 Å². The van der Waals surface area contributed by atoms with E-state index >= 15 is 0 Å². The molecule has 2 rings (SSSR count). The van der Waals surface area contributed by atoms with Gasteiger partial charge >= 0.3 is 5.97 Å². The van der Waals surface area contributed by atoms with Gasteiger partial charge in [0.05, 0.1) is 10.4 Å². The minimum absolute atomic E-state index is 0.124. The van der Waals surface area contributed by atoms with Crippen LogP contribution in [0, 0.1) is 10.1 Å². The van der Waals surface area contributed by atoms with Gasteiger partial charge in [-0.15, -0.1) is 0 Å². The number of non-ortho nitro benzene ring substituents is 1. The third-order valence-corrected chi connectivity index (χ3v) is 2.36. The molecule has 17 heavy (non-hydrogen) atoms. The highest BCUT2D eigenvalue weighted by atomic mass is 19.1. The van der Waals surface area contributed by atoms with Gasteiger partial charge in [0.1, 0.15) is 0 Å². The van der Waals surface area contributed by atoms with Crippen molar-refractivity contribution in [2.24, 2.45) is 0 Å². The lowest BCUT2D eigenvalue weighted by Gasteiger charge is -2.06. The molecular formula is C10H7FN2O4. The quantitative estimate of drug-likeness (QED) is 0.655. The average Bonchev–Trinajstić information content (AvgIpc) is 2.70. The number of fused-ring (bicyclic) bond motifs is 1. The highest BCUT2D eigenvalue weighted by Crippen LogP contribution is 2.25. The summed E-state index contributed by atoms with van der Waals surface area (Å²) < 4.78 is 14.2. The Labute approximate surface area is 94.0 Å². The lowest BCUT2D eigenvalue weighted by atomic mass is 10.2. The van der Waals surface area contributed by atoms with E-state index < -0.39 is 17.2 Å². The van der Waals surface area contributed by atoms with E-state index in [1.807, 2.05) is 0 Å². The number of nitrogens with zero attached hydrogens (tertiary/aromatic N) is 2. The van der Waals surface area contributed by atoms with Crippen LogP contribution >= 0.6 is 0 Å². The Balaban J connectivity index is 2.56. The summed E-state index contributed by atoms with van der Waals surface area (Å²) in [4.78, 5) is 20.5. The molecule has 0 saturated heterocycles. The summed E-state index contributed by atoms with van der Waals surface area (Å²) in [5, 5.41) is 19.5. The number of carboxylic acid groups (broad SMARTS) is 1. The first kappa shape index (κ1) is 11.1. The van der Waals surface area contributed by atoms with E-state index in [0.717, 1.165) is 4.57 Å². The predicted molar refractivity (Wildman–Crippen MR) is 56.4 cm³/mol. The number of nitro benzene ring substituents is 1. The van der Waals surface area contributed by atoms with E-state index in [-0.39, 0.29) is 5.69 Å². The van der Waals surface area contributed by atoms with Crippen LogP contribution in [0.25, 0.3) is 10.9 Å². The van der Waals surface area contributed by atoms with E-state index in [9.17, 15) is 19.3 Å². The van der Waals surface area contributed by atoms with Crippen molar-refractivity contribution < 1.29 is 19.2 Å². The van der Waals surface area contributed by atoms with Crippen LogP contribution in [0.15, 0.2) is 30.5 Å². The van der Waals surface area contributed by atoms with Crippen molar-refractivity contribution in [3.05, 3.63) is 40.6 Å². The molecule has 0 fully saturated rings. The van der Waals surface area contributed by atoms with Crippen molar-refractivity contribution in [2.45, 2.75) is 6.30 Å². The van der Waals surface area contributed by atoms with Crippen molar-refractivity contribution in [2.75, 3.05) is 0 Å². The van der Waals surface area contributed by atoms with Crippen molar-refractivity contribution in [3.63, 3.8) is 0 Å². The number of hydrogen-bond acceptors (Lipinski definition) is 3. The lowest BCUT2D eigenvalue weighted by molar-refractivity contribution is -0.384. The van der Waals surface area contributed by atoms with Crippen molar-refractivity contribution >= 4 is 22.6 Å². The first-order chi connectivity index (χ1) is 8.00. The Morgan fingerprint density at radius 3 is 2.76 bits per heavy atom. The van der Waals surface area contributed by atoms with E-state index in [1.54, 1.807) is 0 Å². The molecule has 0 radical (unpaired) electrons. The smallest absolute Gasteiger partial charge is 0.359 e. The second-order valence-corrected chi connectivity index (χ2v) is 3.40. The highest BCUT2D eigenvalue weighted by Gasteiger charge is 2.20. The zero-order chi connectivity index (χ0) is 12.6. The summed E-state index contributed by atoms with van der Waals surface area (Å²) in [5.41, 5.74) is 0.173. The molecule has 0 spiro atoms. The van der Waals surface area contributed by atoms with Gasteiger partial charge in [0.2, 0.25) is 0 Å². The molecule has 0 aliphatic rings. The van der Waals surface area contributed by atoms with Crippen molar-refractivity contribution in [1.29, 1.82) is 0 Å². The van der Waals surface area contributed by atoms with Gasteiger partial charge in [-0.1, -0.05) is 0 Å². The molecule has 6 nitrogen and oxygen atoms in total. The van der Waals surface area contributed by atoms with Gasteiger partial charge in [-0.05, 0) is 12.1 Å². The summed E-state index contributed by atoms with van der Waals surface area (Å²) >= 11 is 0.